The largest absolute Gasteiger partial charge is 0.478 e. The van der Waals surface area contributed by atoms with Crippen LogP contribution in [-0.2, 0) is 15.0 Å². The van der Waals surface area contributed by atoms with Crippen molar-refractivity contribution >= 4 is 35.1 Å². The van der Waals surface area contributed by atoms with Gasteiger partial charge in [0.2, 0.25) is 5.95 Å². The summed E-state index contributed by atoms with van der Waals surface area (Å²) in [5.41, 5.74) is 1.43. The summed E-state index contributed by atoms with van der Waals surface area (Å²) in [4.78, 5) is 42.8. The fraction of sp³-hybridized carbons (Fsp3) is 0.375. The lowest BCUT2D eigenvalue weighted by Gasteiger charge is -2.29. The maximum Gasteiger partial charge on any atom is 0.332 e. The topological polar surface area (TPSA) is 141 Å². The molecular weight excluding hydrogens is 570 g/mol. The monoisotopic (exact) mass is 602 g/mol. The summed E-state index contributed by atoms with van der Waals surface area (Å²) in [6, 6.07) is 6.67. The number of anilines is 2. The first kappa shape index (κ1) is 29.5. The molecule has 0 radical (unpaired) electrons. The SMILES string of the molecule is CC1=Nc2c(F)cc(-c3nc(Nc4ccc(C5CCN(C)CC5)cn4)ncc3F)cc2C12CCC(/C(=C/C(=O)O)C(=O)O)C2. The van der Waals surface area contributed by atoms with Crippen LogP contribution in [0.5, 0.6) is 0 Å². The van der Waals surface area contributed by atoms with Gasteiger partial charge in [0.05, 0.1) is 6.20 Å². The van der Waals surface area contributed by atoms with Crippen molar-refractivity contribution in [3.8, 4) is 11.3 Å². The highest BCUT2D eigenvalue weighted by molar-refractivity contribution is 6.02. The zero-order chi connectivity index (χ0) is 31.2. The molecule has 3 aromatic rings. The molecule has 4 heterocycles. The standard InChI is InChI=1S/C32H32F2N6O4/c1-17-32(8-5-19(14-32)22(30(43)44)13-27(41)42)23-11-21(12-24(33)29(23)37-17)28-25(34)16-36-31(39-28)38-26-4-3-20(15-35-26)18-6-9-40(2)10-7-18/h3-4,11-13,15-16,18-19H,5-10,14H2,1-2H3,(H,41,42)(H,43,44)(H,35,36,38,39)/b22-13-. The van der Waals surface area contributed by atoms with Crippen LogP contribution in [0.2, 0.25) is 0 Å². The summed E-state index contributed by atoms with van der Waals surface area (Å²) in [6.45, 7) is 3.83. The van der Waals surface area contributed by atoms with Crippen molar-refractivity contribution in [1.29, 1.82) is 0 Å². The molecule has 2 fully saturated rings. The molecule has 1 spiro atoms. The minimum absolute atomic E-state index is 0.0924. The molecule has 1 aromatic carbocycles. The molecule has 3 N–H and O–H groups in total. The summed E-state index contributed by atoms with van der Waals surface area (Å²) >= 11 is 0. The molecule has 12 heteroatoms. The van der Waals surface area contributed by atoms with Crippen LogP contribution >= 0.6 is 0 Å². The van der Waals surface area contributed by atoms with Crippen LogP contribution in [0.3, 0.4) is 0 Å². The zero-order valence-electron chi connectivity index (χ0n) is 24.3. The van der Waals surface area contributed by atoms with Gasteiger partial charge in [0.15, 0.2) is 5.82 Å². The number of nitrogens with one attached hydrogen (secondary N) is 1. The number of hydrogen-bond acceptors (Lipinski definition) is 8. The molecule has 6 rings (SSSR count). The zero-order valence-corrected chi connectivity index (χ0v) is 24.3. The minimum Gasteiger partial charge on any atom is -0.478 e. The van der Waals surface area contributed by atoms with Crippen molar-refractivity contribution in [2.75, 3.05) is 25.5 Å². The predicted molar refractivity (Wildman–Crippen MR) is 160 cm³/mol. The van der Waals surface area contributed by atoms with E-state index in [2.05, 4.69) is 37.2 Å². The Kier molecular flexibility index (Phi) is 7.70. The van der Waals surface area contributed by atoms with E-state index in [4.69, 9.17) is 0 Å². The molecule has 10 nitrogen and oxygen atoms in total. The summed E-state index contributed by atoms with van der Waals surface area (Å²) in [7, 11) is 2.12. The van der Waals surface area contributed by atoms with Gasteiger partial charge < -0.3 is 20.4 Å². The maximum atomic E-state index is 15.5. The number of fused-ring (bicyclic) bond motifs is 2. The molecular formula is C32H32F2N6O4. The van der Waals surface area contributed by atoms with Gasteiger partial charge >= 0.3 is 11.9 Å². The van der Waals surface area contributed by atoms with Crippen molar-refractivity contribution in [3.05, 3.63) is 71.1 Å². The van der Waals surface area contributed by atoms with Crippen molar-refractivity contribution in [2.45, 2.75) is 50.4 Å². The Morgan fingerprint density at radius 1 is 1.07 bits per heavy atom. The van der Waals surface area contributed by atoms with E-state index in [9.17, 15) is 19.8 Å². The van der Waals surface area contributed by atoms with Crippen LogP contribution in [0.25, 0.3) is 11.3 Å². The van der Waals surface area contributed by atoms with Gasteiger partial charge in [-0.2, -0.15) is 0 Å². The lowest BCUT2D eigenvalue weighted by atomic mass is 9.75. The number of nitrogens with zero attached hydrogens (tertiary/aromatic N) is 5. The fourth-order valence-corrected chi connectivity index (χ4v) is 6.86. The van der Waals surface area contributed by atoms with E-state index in [-0.39, 0.29) is 34.9 Å². The van der Waals surface area contributed by atoms with Crippen LogP contribution < -0.4 is 5.32 Å². The summed E-state index contributed by atoms with van der Waals surface area (Å²) in [6.07, 6.45) is 6.75. The Labute approximate surface area is 252 Å². The molecule has 2 atom stereocenters. The average Bonchev–Trinajstić information content (AvgIpc) is 3.55. The lowest BCUT2D eigenvalue weighted by Crippen LogP contribution is -2.29. The number of pyridine rings is 1. The van der Waals surface area contributed by atoms with Crippen LogP contribution in [-0.4, -0.2) is 67.9 Å². The third-order valence-electron chi connectivity index (χ3n) is 9.26. The Morgan fingerprint density at radius 3 is 2.52 bits per heavy atom. The molecule has 2 aromatic heterocycles. The highest BCUT2D eigenvalue weighted by Crippen LogP contribution is 2.55. The minimum atomic E-state index is -1.35. The maximum absolute atomic E-state index is 15.5. The van der Waals surface area contributed by atoms with Gasteiger partial charge in [-0.15, -0.1) is 0 Å². The molecule has 2 unspecified atom stereocenters. The number of carboxylic acids is 2. The van der Waals surface area contributed by atoms with Gasteiger partial charge in [-0.1, -0.05) is 6.07 Å². The molecule has 0 amide bonds. The number of hydrogen-bond donors (Lipinski definition) is 3. The quantitative estimate of drug-likeness (QED) is 0.294. The Hall–Kier alpha value is -4.58. The smallest absolute Gasteiger partial charge is 0.332 e. The molecule has 1 saturated carbocycles. The molecule has 1 aliphatic carbocycles. The van der Waals surface area contributed by atoms with Gasteiger partial charge in [0, 0.05) is 34.5 Å². The number of carbonyl (C=O) groups is 2. The van der Waals surface area contributed by atoms with E-state index in [1.54, 1.807) is 13.0 Å². The number of halogens is 2. The second-order valence-corrected chi connectivity index (χ2v) is 11.9. The number of aliphatic carboxylic acids is 2. The fourth-order valence-electron chi connectivity index (χ4n) is 6.86. The third-order valence-corrected chi connectivity index (χ3v) is 9.26. The van der Waals surface area contributed by atoms with Crippen molar-refractivity contribution in [2.24, 2.45) is 10.9 Å². The number of aliphatic imine (C=N–C) groups is 1. The van der Waals surface area contributed by atoms with Gasteiger partial charge in [0.25, 0.3) is 0 Å². The number of aromatic nitrogens is 3. The number of piperidine rings is 1. The average molecular weight is 603 g/mol. The molecule has 1 saturated heterocycles. The first-order valence-corrected chi connectivity index (χ1v) is 14.6. The number of carboxylic acid groups (broad SMARTS) is 2. The first-order chi connectivity index (χ1) is 21.0. The third kappa shape index (κ3) is 5.45. The van der Waals surface area contributed by atoms with Crippen LogP contribution in [0, 0.1) is 17.6 Å². The Balaban J connectivity index is 1.28. The van der Waals surface area contributed by atoms with Crippen molar-refractivity contribution < 1.29 is 28.6 Å². The molecule has 3 aliphatic rings. The molecule has 228 valence electrons. The van der Waals surface area contributed by atoms with Gasteiger partial charge in [-0.25, -0.2) is 33.3 Å². The summed E-state index contributed by atoms with van der Waals surface area (Å²) in [5, 5.41) is 21.9. The van der Waals surface area contributed by atoms with Crippen molar-refractivity contribution in [1.82, 2.24) is 19.9 Å². The van der Waals surface area contributed by atoms with Crippen LogP contribution in [0.15, 0.2) is 53.3 Å². The van der Waals surface area contributed by atoms with E-state index in [1.807, 2.05) is 18.3 Å². The normalized spacial score (nSPS) is 22.2. The van der Waals surface area contributed by atoms with E-state index in [0.717, 1.165) is 37.7 Å². The summed E-state index contributed by atoms with van der Waals surface area (Å²) < 4.78 is 30.6. The molecule has 2 aliphatic heterocycles. The predicted octanol–water partition coefficient (Wildman–Crippen LogP) is 5.61. The number of likely N-dealkylation sites (tertiary alicyclic amines) is 1. The van der Waals surface area contributed by atoms with Gasteiger partial charge in [-0.05, 0) is 100 Å². The van der Waals surface area contributed by atoms with E-state index >= 15 is 8.78 Å². The van der Waals surface area contributed by atoms with Gasteiger partial charge in [0.1, 0.15) is 23.0 Å². The van der Waals surface area contributed by atoms with Crippen LogP contribution in [0.1, 0.15) is 56.1 Å². The Morgan fingerprint density at radius 2 is 1.84 bits per heavy atom. The summed E-state index contributed by atoms with van der Waals surface area (Å²) in [5.74, 6) is -3.60. The lowest BCUT2D eigenvalue weighted by molar-refractivity contribution is -0.135. The Bertz CT molecular complexity index is 1700. The highest BCUT2D eigenvalue weighted by Gasteiger charge is 2.49. The van der Waals surface area contributed by atoms with E-state index < -0.39 is 34.9 Å². The van der Waals surface area contributed by atoms with Crippen molar-refractivity contribution in [3.63, 3.8) is 0 Å². The second-order valence-electron chi connectivity index (χ2n) is 11.9. The highest BCUT2D eigenvalue weighted by atomic mass is 19.1. The van der Waals surface area contributed by atoms with Crippen LogP contribution in [0.4, 0.5) is 26.2 Å². The second kappa shape index (κ2) is 11.5. The van der Waals surface area contributed by atoms with Gasteiger partial charge in [-0.3, -0.25) is 4.99 Å². The van der Waals surface area contributed by atoms with E-state index in [1.165, 1.54) is 6.07 Å². The molecule has 44 heavy (non-hydrogen) atoms. The number of rotatable bonds is 7. The van der Waals surface area contributed by atoms with E-state index in [0.29, 0.717) is 41.9 Å². The first-order valence-electron chi connectivity index (χ1n) is 14.6. The number of benzene rings is 1. The molecule has 0 bridgehead atoms.